The highest BCUT2D eigenvalue weighted by Crippen LogP contribution is 2.78. The summed E-state index contributed by atoms with van der Waals surface area (Å²) in [6, 6.07) is 4.15. The lowest BCUT2D eigenvalue weighted by atomic mass is 9.63. The number of fused-ring (bicyclic) bond motifs is 9. The van der Waals surface area contributed by atoms with Crippen molar-refractivity contribution in [1.29, 1.82) is 10.5 Å². The van der Waals surface area contributed by atoms with Crippen LogP contribution in [0.3, 0.4) is 0 Å². The second kappa shape index (κ2) is 30.4. The molecule has 9 heterocycles. The summed E-state index contributed by atoms with van der Waals surface area (Å²) in [5, 5.41) is 15.1. The molecule has 18 saturated carbocycles. The van der Waals surface area contributed by atoms with Crippen LogP contribution < -0.4 is 0 Å². The number of esters is 2. The van der Waals surface area contributed by atoms with Crippen LogP contribution in [0, 0.1) is 211 Å². The molecule has 9 aliphatic heterocycles. The van der Waals surface area contributed by atoms with Gasteiger partial charge in [-0.1, -0.05) is 96.9 Å². The molecule has 48 heteroatoms. The topological polar surface area (TPSA) is 491 Å². The number of hydrogen-bond donors (Lipinski definition) is 0. The molecule has 0 N–H and O–H groups in total. The zero-order valence-electron chi connectivity index (χ0n) is 77.0. The standard InChI is InChI=1S/C12H20O3S.2C10H14O5S.2C9H11F3O3S.2C9H11NO3S.2C9H14O3S/c1-7-11(4)6-8-12(7,5)9(10(11,2)3)15-16(8,13)14;1-5-6-3-7-8(5)15-16(12,13)10(7,4-6)9(11)14-2;1-4-5-3-6-8(4)15-16(12,13)9(6)7(5)10(11)14-2;1-4-5-2-6-7(4)15-16(13,14)8(6,3-5)9(10,11)12;1-3-4-2-5-7(3)15-16(13,14)8(5)6(4)9(10,11)12;1-5-6-2-7-8(5)13-14(11,12)9(7,3-6)4-10;1-4-5-2-6-8(4)13-14(11,12)9(6)7(5)3-10;1-5-6-3-7-8(5)12-13(10,11)9(7,2)4-6;1-4-6-3-7-8(4)12-13(10,11)9(7)5(6)2/h7-9H,6H2,1-5H3;5-8H,3-4H2,1-2H3;4-9H,3H2,1-2H3;4-7H,2-3H2,1H3;3-8H,2H2,1H3;5-8H,2-3H2,1H3;4-9H,2H2,1H3;5-8H,3-4H2,1-2H3;4-9H,3H2,1-2H3. The number of carbonyl (C=O) groups excluding carboxylic acids is 2. The van der Waals surface area contributed by atoms with Crippen LogP contribution in [0.15, 0.2) is 0 Å². The largest absolute Gasteiger partial charge is 0.469 e. The summed E-state index contributed by atoms with van der Waals surface area (Å²) in [5.41, 5.74) is -0.154. The second-order valence-corrected chi connectivity index (χ2v) is 62.2. The molecule has 756 valence electrons. The van der Waals surface area contributed by atoms with Gasteiger partial charge in [0, 0.05) is 52.8 Å². The zero-order chi connectivity index (χ0) is 98.4. The molecule has 18 aliphatic carbocycles. The molecule has 0 radical (unpaired) electrons. The Hall–Kier alpha value is -3.31. The highest BCUT2D eigenvalue weighted by Gasteiger charge is 2.85. The lowest BCUT2D eigenvalue weighted by molar-refractivity contribution is -0.190. The molecule has 0 aromatic rings. The smallest absolute Gasteiger partial charge is 0.410 e. The molecule has 0 aromatic carbocycles. The fourth-order valence-corrected chi connectivity index (χ4v) is 53.1. The van der Waals surface area contributed by atoms with E-state index in [1.54, 1.807) is 13.8 Å². The van der Waals surface area contributed by atoms with E-state index in [0.29, 0.717) is 78.9 Å². The van der Waals surface area contributed by atoms with Gasteiger partial charge in [-0.25, -0.2) is 0 Å². The predicted molar refractivity (Wildman–Crippen MR) is 455 cm³/mol. The number of nitriles is 2. The Balaban J connectivity index is 0.0000000971. The van der Waals surface area contributed by atoms with E-state index in [2.05, 4.69) is 66.2 Å². The highest BCUT2D eigenvalue weighted by molar-refractivity contribution is 7.90. The van der Waals surface area contributed by atoms with Gasteiger partial charge in [0.25, 0.3) is 91.1 Å². The molecule has 0 amide bonds. The van der Waals surface area contributed by atoms with Crippen molar-refractivity contribution in [2.45, 2.75) is 300 Å². The molecular weight excluding hydrogens is 1960 g/mol. The Labute approximate surface area is 781 Å². The third-order valence-electron chi connectivity index (χ3n) is 41.6. The molecule has 18 bridgehead atoms. The van der Waals surface area contributed by atoms with Gasteiger partial charge >= 0.3 is 24.3 Å². The van der Waals surface area contributed by atoms with Gasteiger partial charge in [0.05, 0.1) is 110 Å². The Morgan fingerprint density at radius 1 is 0.381 bits per heavy atom. The summed E-state index contributed by atoms with van der Waals surface area (Å²) in [4.78, 5) is 23.5. The Morgan fingerprint density at radius 2 is 0.799 bits per heavy atom. The quantitative estimate of drug-likeness (QED) is 0.141. The SMILES string of the molecule is CC1C2(C)C3OS(=O)(=O)C2CC1(C)C3(C)C.CC1C2CC3C1OS(=O)(=O)C3(C#N)C2.CC1C2CC3C1OS(=O)(=O)C3(C(F)(F)F)C2.CC1C2CC3C1OS(=O)(=O)C3(C)C2.CC1C2CC3C1OS(=O)(=O)C3C2C.CC1C2CC3C1OS(=O)(=O)C3C2C#N.CC1C2CC3C1OS(=O)(=O)C3C2C(F)(F)F.COC(=O)C12CC3CC1C(OS2(=O)=O)C3C.COC(=O)C1C2CC3C(OS(=O)(=O)C31)C2C. The fourth-order valence-electron chi connectivity index (χ4n) is 34.3. The lowest BCUT2D eigenvalue weighted by Crippen LogP contribution is -2.53. The van der Waals surface area contributed by atoms with E-state index in [-0.39, 0.29) is 165 Å². The monoisotopic (exact) mass is 2080 g/mol. The minimum atomic E-state index is -4.72. The fraction of sp³-hybridized carbons (Fsp3) is 0.953. The van der Waals surface area contributed by atoms with E-state index in [4.69, 9.17) is 52.9 Å². The number of rotatable bonds is 2. The van der Waals surface area contributed by atoms with Crippen LogP contribution in [0.25, 0.3) is 0 Å². The van der Waals surface area contributed by atoms with Crippen LogP contribution >= 0.6 is 0 Å². The molecule has 9 saturated heterocycles. The number of halogens is 6. The molecule has 49 atom stereocenters. The highest BCUT2D eigenvalue weighted by atomic mass is 32.3. The van der Waals surface area contributed by atoms with Crippen LogP contribution in [0.5, 0.6) is 0 Å². The molecule has 0 aromatic heterocycles. The number of ether oxygens (including phenoxy) is 2. The van der Waals surface area contributed by atoms with Gasteiger partial charge < -0.3 is 9.47 Å². The van der Waals surface area contributed by atoms with Crippen LogP contribution in [0.4, 0.5) is 26.3 Å². The van der Waals surface area contributed by atoms with Crippen molar-refractivity contribution in [2.24, 2.45) is 188 Å². The third kappa shape index (κ3) is 12.7. The minimum absolute atomic E-state index is 0.00546. The molecular formula is C86H120F6N2O31S9. The maximum absolute atomic E-state index is 13.1. The van der Waals surface area contributed by atoms with Crippen molar-refractivity contribution in [3.05, 3.63) is 0 Å². The van der Waals surface area contributed by atoms with Crippen molar-refractivity contribution in [2.75, 3.05) is 14.2 Å². The summed E-state index contributed by atoms with van der Waals surface area (Å²) < 4.78 is 339. The summed E-state index contributed by atoms with van der Waals surface area (Å²) in [7, 11) is -30.3. The summed E-state index contributed by atoms with van der Waals surface area (Å²) in [5.74, 6) is -1.16. The summed E-state index contributed by atoms with van der Waals surface area (Å²) in [6.07, 6.45) is -3.33. The summed E-state index contributed by atoms with van der Waals surface area (Å²) >= 11 is 0. The number of alkyl halides is 6. The first-order valence-electron chi connectivity index (χ1n) is 46.9. The first-order chi connectivity index (χ1) is 61.5. The Kier molecular flexibility index (Phi) is 22.6. The third-order valence-corrected chi connectivity index (χ3v) is 58.9. The number of methoxy groups -OCH3 is 2. The first kappa shape index (κ1) is 99.4. The summed E-state index contributed by atoms with van der Waals surface area (Å²) in [6.45, 7) is 30.5. The maximum Gasteiger partial charge on any atom is 0.410 e. The number of carbonyl (C=O) groups is 2. The van der Waals surface area contributed by atoms with Crippen LogP contribution in [-0.2, 0) is 148 Å². The van der Waals surface area contributed by atoms with Crippen molar-refractivity contribution < 1.29 is 159 Å². The minimum Gasteiger partial charge on any atom is -0.469 e. The molecule has 33 nitrogen and oxygen atoms in total. The van der Waals surface area contributed by atoms with Gasteiger partial charge in [-0.2, -0.15) is 113 Å². The van der Waals surface area contributed by atoms with Gasteiger partial charge in [-0.05, 0) is 208 Å². The van der Waals surface area contributed by atoms with Crippen molar-refractivity contribution in [3.63, 3.8) is 0 Å². The number of nitrogens with zero attached hydrogens (tertiary/aromatic N) is 2. The van der Waals surface area contributed by atoms with E-state index in [1.165, 1.54) is 14.2 Å². The van der Waals surface area contributed by atoms with E-state index >= 15 is 0 Å². The van der Waals surface area contributed by atoms with E-state index in [1.807, 2.05) is 40.7 Å². The van der Waals surface area contributed by atoms with Crippen molar-refractivity contribution in [3.8, 4) is 12.1 Å². The van der Waals surface area contributed by atoms with Crippen LogP contribution in [0.2, 0.25) is 0 Å². The molecule has 27 rings (SSSR count). The average Bonchev–Trinajstić information content (AvgIpc) is 1.47. The van der Waals surface area contributed by atoms with Crippen LogP contribution in [0.1, 0.15) is 187 Å². The lowest BCUT2D eigenvalue weighted by Gasteiger charge is -2.42. The van der Waals surface area contributed by atoms with E-state index in [9.17, 15) is 112 Å². The van der Waals surface area contributed by atoms with Gasteiger partial charge in [-0.15, -0.1) is 0 Å². The first-order valence-corrected chi connectivity index (χ1v) is 59.9. The molecule has 0 spiro atoms. The van der Waals surface area contributed by atoms with E-state index in [0.717, 1.165) is 51.4 Å². The van der Waals surface area contributed by atoms with Gasteiger partial charge in [0.2, 0.25) is 0 Å². The second-order valence-electron chi connectivity index (χ2n) is 46.1. The van der Waals surface area contributed by atoms with Gasteiger partial charge in [0.15, 0.2) is 14.2 Å². The molecule has 27 fully saturated rings. The van der Waals surface area contributed by atoms with Crippen molar-refractivity contribution in [1.82, 2.24) is 0 Å². The molecule has 49 unspecified atom stereocenters. The zero-order valence-corrected chi connectivity index (χ0v) is 84.4. The van der Waals surface area contributed by atoms with Crippen LogP contribution in [-0.4, -0.2) is 214 Å². The van der Waals surface area contributed by atoms with Gasteiger partial charge in [0.1, 0.15) is 20.5 Å². The number of hydrogen-bond acceptors (Lipinski definition) is 33. The maximum atomic E-state index is 13.1. The predicted octanol–water partition coefficient (Wildman–Crippen LogP) is 9.19. The van der Waals surface area contributed by atoms with E-state index < -0.39 is 192 Å². The average molecular weight is 2080 g/mol. The van der Waals surface area contributed by atoms with Crippen molar-refractivity contribution >= 4 is 103 Å². The molecule has 134 heavy (non-hydrogen) atoms. The molecule has 27 aliphatic rings. The Bertz CT molecular complexity index is 6130. The normalized spacial score (nSPS) is 56.4. The Morgan fingerprint density at radius 3 is 1.29 bits per heavy atom. The van der Waals surface area contributed by atoms with Gasteiger partial charge in [-0.3, -0.25) is 47.2 Å².